The summed E-state index contributed by atoms with van der Waals surface area (Å²) >= 11 is 0. The first-order valence-electron chi connectivity index (χ1n) is 8.47. The van der Waals surface area contributed by atoms with Gasteiger partial charge in [-0.15, -0.1) is 0 Å². The summed E-state index contributed by atoms with van der Waals surface area (Å²) in [4.78, 5) is 14.2. The Hall–Kier alpha value is -2.33. The summed E-state index contributed by atoms with van der Waals surface area (Å²) in [7, 11) is 2.08. The number of nitrogens with one attached hydrogen (secondary N) is 1. The number of likely N-dealkylation sites (N-methyl/N-ethyl adjacent to an activating group) is 1. The van der Waals surface area contributed by atoms with Crippen molar-refractivity contribution in [1.29, 1.82) is 0 Å². The molecule has 0 aliphatic heterocycles. The summed E-state index contributed by atoms with van der Waals surface area (Å²) in [5.41, 5.74) is 2.05. The molecule has 1 saturated carbocycles. The van der Waals surface area contributed by atoms with Crippen LogP contribution in [0.3, 0.4) is 0 Å². The number of para-hydroxylation sites is 2. The Morgan fingerprint density at radius 1 is 1.12 bits per heavy atom. The minimum absolute atomic E-state index is 0.104. The lowest BCUT2D eigenvalue weighted by Gasteiger charge is -2.18. The SMILES string of the molecule is CN(CCOc1ccccc1NC(=O)C1CC1)Cc1ccccc1. The minimum Gasteiger partial charge on any atom is -0.490 e. The van der Waals surface area contributed by atoms with Gasteiger partial charge in [0.05, 0.1) is 5.69 Å². The average molecular weight is 324 g/mol. The second-order valence-electron chi connectivity index (χ2n) is 6.33. The maximum atomic E-state index is 11.9. The standard InChI is InChI=1S/C20H24N2O2/c1-22(15-16-7-3-2-4-8-16)13-14-24-19-10-6-5-9-18(19)21-20(23)17-11-12-17/h2-10,17H,11-15H2,1H3,(H,21,23). The van der Waals surface area contributed by atoms with Gasteiger partial charge in [-0.05, 0) is 37.6 Å². The van der Waals surface area contributed by atoms with Gasteiger partial charge in [-0.1, -0.05) is 42.5 Å². The van der Waals surface area contributed by atoms with Gasteiger partial charge in [0.15, 0.2) is 0 Å². The topological polar surface area (TPSA) is 41.6 Å². The zero-order valence-electron chi connectivity index (χ0n) is 14.1. The molecule has 126 valence electrons. The summed E-state index contributed by atoms with van der Waals surface area (Å²) in [6.07, 6.45) is 2.00. The van der Waals surface area contributed by atoms with Gasteiger partial charge < -0.3 is 10.1 Å². The van der Waals surface area contributed by atoms with Crippen molar-refractivity contribution in [1.82, 2.24) is 4.90 Å². The molecule has 0 spiro atoms. The van der Waals surface area contributed by atoms with Crippen molar-refractivity contribution in [3.05, 3.63) is 60.2 Å². The van der Waals surface area contributed by atoms with Crippen molar-refractivity contribution >= 4 is 11.6 Å². The summed E-state index contributed by atoms with van der Waals surface area (Å²) in [5.74, 6) is 1.03. The molecule has 1 aliphatic carbocycles. The van der Waals surface area contributed by atoms with Gasteiger partial charge in [0.25, 0.3) is 0 Å². The fraction of sp³-hybridized carbons (Fsp3) is 0.350. The molecule has 4 heteroatoms. The Morgan fingerprint density at radius 2 is 1.83 bits per heavy atom. The van der Waals surface area contributed by atoms with Gasteiger partial charge in [-0.3, -0.25) is 9.69 Å². The Bertz CT molecular complexity index is 668. The van der Waals surface area contributed by atoms with Gasteiger partial charge in [-0.2, -0.15) is 0 Å². The number of ether oxygens (including phenoxy) is 1. The van der Waals surface area contributed by atoms with E-state index in [0.717, 1.165) is 37.4 Å². The van der Waals surface area contributed by atoms with Crippen LogP contribution in [0.25, 0.3) is 0 Å². The third-order valence-corrected chi connectivity index (χ3v) is 4.12. The van der Waals surface area contributed by atoms with Gasteiger partial charge in [0.2, 0.25) is 5.91 Å². The van der Waals surface area contributed by atoms with E-state index in [1.54, 1.807) is 0 Å². The van der Waals surface area contributed by atoms with Gasteiger partial charge in [-0.25, -0.2) is 0 Å². The van der Waals surface area contributed by atoms with Crippen LogP contribution in [0.4, 0.5) is 5.69 Å². The van der Waals surface area contributed by atoms with E-state index in [2.05, 4.69) is 41.5 Å². The van der Waals surface area contributed by atoms with Crippen LogP contribution in [0.1, 0.15) is 18.4 Å². The lowest BCUT2D eigenvalue weighted by atomic mass is 10.2. The number of amides is 1. The number of anilines is 1. The van der Waals surface area contributed by atoms with E-state index in [1.165, 1.54) is 5.56 Å². The second-order valence-corrected chi connectivity index (χ2v) is 6.33. The summed E-state index contributed by atoms with van der Waals surface area (Å²) in [6, 6.07) is 18.0. The normalized spacial score (nSPS) is 13.8. The molecule has 0 aromatic heterocycles. The van der Waals surface area contributed by atoms with Crippen LogP contribution >= 0.6 is 0 Å². The van der Waals surface area contributed by atoms with Crippen LogP contribution in [0.2, 0.25) is 0 Å². The molecule has 2 aromatic carbocycles. The Labute approximate surface area is 143 Å². The highest BCUT2D eigenvalue weighted by molar-refractivity contribution is 5.95. The Kier molecular flexibility index (Phi) is 5.49. The van der Waals surface area contributed by atoms with Crippen LogP contribution in [0.5, 0.6) is 5.75 Å². The van der Waals surface area contributed by atoms with Crippen molar-refractivity contribution < 1.29 is 9.53 Å². The first-order chi connectivity index (χ1) is 11.7. The van der Waals surface area contributed by atoms with Crippen LogP contribution in [0, 0.1) is 5.92 Å². The summed E-state index contributed by atoms with van der Waals surface area (Å²) in [5, 5.41) is 2.97. The van der Waals surface area contributed by atoms with Gasteiger partial charge in [0.1, 0.15) is 12.4 Å². The number of nitrogens with zero attached hydrogens (tertiary/aromatic N) is 1. The lowest BCUT2D eigenvalue weighted by molar-refractivity contribution is -0.117. The van der Waals surface area contributed by atoms with Crippen LogP contribution < -0.4 is 10.1 Å². The predicted molar refractivity (Wildman–Crippen MR) is 96.1 cm³/mol. The van der Waals surface area contributed by atoms with Gasteiger partial charge in [0, 0.05) is 19.0 Å². The number of benzene rings is 2. The number of rotatable bonds is 8. The first kappa shape index (κ1) is 16.5. The molecule has 24 heavy (non-hydrogen) atoms. The molecule has 1 amide bonds. The molecule has 0 heterocycles. The molecule has 0 saturated heterocycles. The number of carbonyl (C=O) groups excluding carboxylic acids is 1. The van der Waals surface area contributed by atoms with E-state index >= 15 is 0 Å². The monoisotopic (exact) mass is 324 g/mol. The molecule has 0 atom stereocenters. The molecular weight excluding hydrogens is 300 g/mol. The highest BCUT2D eigenvalue weighted by Crippen LogP contribution is 2.32. The fourth-order valence-electron chi connectivity index (χ4n) is 2.56. The minimum atomic E-state index is 0.104. The largest absolute Gasteiger partial charge is 0.490 e. The molecular formula is C20H24N2O2. The smallest absolute Gasteiger partial charge is 0.227 e. The molecule has 2 aromatic rings. The quantitative estimate of drug-likeness (QED) is 0.807. The van der Waals surface area contributed by atoms with Crippen molar-refractivity contribution in [3.63, 3.8) is 0 Å². The van der Waals surface area contributed by atoms with E-state index in [-0.39, 0.29) is 11.8 Å². The Balaban J connectivity index is 1.48. The molecule has 0 bridgehead atoms. The molecule has 1 fully saturated rings. The first-order valence-corrected chi connectivity index (χ1v) is 8.47. The van der Waals surface area contributed by atoms with E-state index < -0.39 is 0 Å². The average Bonchev–Trinajstić information content (AvgIpc) is 3.42. The maximum absolute atomic E-state index is 11.9. The molecule has 3 rings (SSSR count). The predicted octanol–water partition coefficient (Wildman–Crippen LogP) is 3.55. The fourth-order valence-corrected chi connectivity index (χ4v) is 2.56. The molecule has 1 aliphatic rings. The maximum Gasteiger partial charge on any atom is 0.227 e. The van der Waals surface area contributed by atoms with Crippen LogP contribution in [-0.4, -0.2) is 31.0 Å². The van der Waals surface area contributed by atoms with E-state index in [0.29, 0.717) is 6.61 Å². The van der Waals surface area contributed by atoms with Crippen molar-refractivity contribution in [3.8, 4) is 5.75 Å². The summed E-state index contributed by atoms with van der Waals surface area (Å²) in [6.45, 7) is 2.30. The van der Waals surface area contributed by atoms with Crippen molar-refractivity contribution in [2.24, 2.45) is 5.92 Å². The van der Waals surface area contributed by atoms with Gasteiger partial charge >= 0.3 is 0 Å². The zero-order chi connectivity index (χ0) is 16.8. The highest BCUT2D eigenvalue weighted by atomic mass is 16.5. The lowest BCUT2D eigenvalue weighted by Crippen LogP contribution is -2.24. The van der Waals surface area contributed by atoms with Crippen molar-refractivity contribution in [2.75, 3.05) is 25.5 Å². The molecule has 1 N–H and O–H groups in total. The van der Waals surface area contributed by atoms with Crippen molar-refractivity contribution in [2.45, 2.75) is 19.4 Å². The number of carbonyl (C=O) groups is 1. The molecule has 0 radical (unpaired) electrons. The van der Waals surface area contributed by atoms with E-state index in [1.807, 2.05) is 30.3 Å². The third kappa shape index (κ3) is 4.83. The second kappa shape index (κ2) is 7.97. The number of hydrogen-bond acceptors (Lipinski definition) is 3. The number of hydrogen-bond donors (Lipinski definition) is 1. The van der Waals surface area contributed by atoms with E-state index in [9.17, 15) is 4.79 Å². The molecule has 0 unspecified atom stereocenters. The Morgan fingerprint density at radius 3 is 2.58 bits per heavy atom. The molecule has 4 nitrogen and oxygen atoms in total. The highest BCUT2D eigenvalue weighted by Gasteiger charge is 2.30. The summed E-state index contributed by atoms with van der Waals surface area (Å²) < 4.78 is 5.89. The van der Waals surface area contributed by atoms with Crippen LogP contribution in [-0.2, 0) is 11.3 Å². The van der Waals surface area contributed by atoms with E-state index in [4.69, 9.17) is 4.74 Å². The van der Waals surface area contributed by atoms with Crippen LogP contribution in [0.15, 0.2) is 54.6 Å². The third-order valence-electron chi connectivity index (χ3n) is 4.12. The zero-order valence-corrected chi connectivity index (χ0v) is 14.1.